The number of nitrogens with zero attached hydrogens (tertiary/aromatic N) is 1. The number of aliphatic hydroxyl groups excluding tert-OH is 3. The normalized spacial score (nSPS) is 30.1. The second-order valence-corrected chi connectivity index (χ2v) is 4.71. The van der Waals surface area contributed by atoms with Crippen LogP contribution in [-0.4, -0.2) is 55.4 Å². The summed E-state index contributed by atoms with van der Waals surface area (Å²) in [5.74, 6) is 0.150. The fraction of sp³-hybridized carbons (Fsp3) is 0.455. The van der Waals surface area contributed by atoms with Crippen molar-refractivity contribution in [3.63, 3.8) is 0 Å². The molecule has 0 bridgehead atoms. The summed E-state index contributed by atoms with van der Waals surface area (Å²) in [5, 5.41) is 35.7. The second-order valence-electron chi connectivity index (χ2n) is 4.71. The number of aromatic nitrogens is 3. The maximum absolute atomic E-state index is 11.7. The van der Waals surface area contributed by atoms with Gasteiger partial charge in [-0.05, 0) is 6.07 Å². The summed E-state index contributed by atoms with van der Waals surface area (Å²) in [6.45, 7) is -0.427. The van der Waals surface area contributed by atoms with Crippen molar-refractivity contribution < 1.29 is 20.1 Å². The molecule has 0 aromatic carbocycles. The topological polar surface area (TPSA) is 157 Å². The van der Waals surface area contributed by atoms with Gasteiger partial charge in [-0.25, -0.2) is 0 Å². The molecule has 7 N–H and O–H groups in total. The van der Waals surface area contributed by atoms with Crippen LogP contribution < -0.4 is 11.3 Å². The number of hydrogen-bond acceptors (Lipinski definition) is 7. The fourth-order valence-electron chi connectivity index (χ4n) is 2.42. The summed E-state index contributed by atoms with van der Waals surface area (Å²) in [6, 6.07) is 1.49. The Kier molecular flexibility index (Phi) is 2.98. The highest BCUT2D eigenvalue weighted by Gasteiger charge is 2.44. The third-order valence-corrected chi connectivity index (χ3v) is 3.43. The third-order valence-electron chi connectivity index (χ3n) is 3.43. The molecule has 0 saturated carbocycles. The van der Waals surface area contributed by atoms with Crippen molar-refractivity contribution in [3.8, 4) is 0 Å². The Bertz CT molecular complexity index is 696. The lowest BCUT2D eigenvalue weighted by atomic mass is 10.0. The Hall–Kier alpha value is -1.94. The van der Waals surface area contributed by atoms with Gasteiger partial charge in [-0.1, -0.05) is 0 Å². The Morgan fingerprint density at radius 1 is 1.40 bits per heavy atom. The van der Waals surface area contributed by atoms with E-state index in [9.17, 15) is 15.0 Å². The van der Waals surface area contributed by atoms with Crippen molar-refractivity contribution in [2.75, 3.05) is 12.3 Å². The molecule has 0 radical (unpaired) electrons. The third kappa shape index (κ3) is 1.79. The van der Waals surface area contributed by atoms with E-state index >= 15 is 0 Å². The van der Waals surface area contributed by atoms with Crippen LogP contribution in [0.3, 0.4) is 0 Å². The Morgan fingerprint density at radius 3 is 2.80 bits per heavy atom. The van der Waals surface area contributed by atoms with Gasteiger partial charge in [0, 0.05) is 5.39 Å². The summed E-state index contributed by atoms with van der Waals surface area (Å²) in [4.78, 5) is 14.1. The van der Waals surface area contributed by atoms with Gasteiger partial charge in [0.2, 0.25) is 0 Å². The van der Waals surface area contributed by atoms with Crippen LogP contribution in [0.5, 0.6) is 0 Å². The molecule has 1 saturated heterocycles. The number of fused-ring (bicyclic) bond motifs is 1. The van der Waals surface area contributed by atoms with Crippen LogP contribution in [0, 0.1) is 0 Å². The van der Waals surface area contributed by atoms with Gasteiger partial charge in [-0.3, -0.25) is 9.89 Å². The van der Waals surface area contributed by atoms with Crippen molar-refractivity contribution in [1.82, 2.24) is 15.2 Å². The van der Waals surface area contributed by atoms with Crippen molar-refractivity contribution in [2.45, 2.75) is 24.4 Å². The molecule has 3 heterocycles. The van der Waals surface area contributed by atoms with Gasteiger partial charge in [-0.2, -0.15) is 5.10 Å². The van der Waals surface area contributed by atoms with Gasteiger partial charge in [-0.15, -0.1) is 0 Å². The van der Waals surface area contributed by atoms with E-state index in [0.29, 0.717) is 11.1 Å². The van der Waals surface area contributed by atoms with E-state index in [2.05, 4.69) is 15.2 Å². The predicted octanol–water partition coefficient (Wildman–Crippen LogP) is -2.01. The van der Waals surface area contributed by atoms with E-state index in [1.165, 1.54) is 6.07 Å². The molecule has 0 amide bonds. The second kappa shape index (κ2) is 4.56. The summed E-state index contributed by atoms with van der Waals surface area (Å²) < 4.78 is 5.39. The number of nitrogens with two attached hydrogens (primary N) is 1. The summed E-state index contributed by atoms with van der Waals surface area (Å²) >= 11 is 0. The molecule has 108 valence electrons. The summed E-state index contributed by atoms with van der Waals surface area (Å²) in [6.07, 6.45) is -4.28. The molecular formula is C11H14N4O5. The predicted molar refractivity (Wildman–Crippen MR) is 67.8 cm³/mol. The zero-order valence-electron chi connectivity index (χ0n) is 10.3. The number of rotatable bonds is 2. The molecular weight excluding hydrogens is 268 g/mol. The van der Waals surface area contributed by atoms with Crippen LogP contribution >= 0.6 is 0 Å². The lowest BCUT2D eigenvalue weighted by molar-refractivity contribution is -0.0235. The van der Waals surface area contributed by atoms with Gasteiger partial charge in [0.05, 0.1) is 12.3 Å². The lowest BCUT2D eigenvalue weighted by Crippen LogP contribution is -2.32. The van der Waals surface area contributed by atoms with Crippen LogP contribution in [0.25, 0.3) is 10.9 Å². The maximum atomic E-state index is 11.7. The zero-order chi connectivity index (χ0) is 14.4. The molecule has 9 heteroatoms. The fourth-order valence-corrected chi connectivity index (χ4v) is 2.42. The average Bonchev–Trinajstić information content (AvgIpc) is 2.93. The standard InChI is InChI=1S/C11H14N4O5/c12-5-1-3-6(14-15-7(3)11(19)13-5)10-9(18)8(17)4(2-16)20-10/h1,4,8-10,16-18H,2H2,(H,14,15)(H3,12,13,19)/t4-,8?,9?,10+/m1/s1. The zero-order valence-corrected chi connectivity index (χ0v) is 10.3. The minimum absolute atomic E-state index is 0.131. The average molecular weight is 282 g/mol. The highest BCUT2D eigenvalue weighted by atomic mass is 16.6. The van der Waals surface area contributed by atoms with Crippen molar-refractivity contribution in [3.05, 3.63) is 22.1 Å². The van der Waals surface area contributed by atoms with E-state index in [0.717, 1.165) is 0 Å². The number of pyridine rings is 1. The molecule has 0 aliphatic carbocycles. The summed E-state index contributed by atoms with van der Waals surface area (Å²) in [5.41, 5.74) is 5.58. The van der Waals surface area contributed by atoms with Crippen molar-refractivity contribution in [1.29, 1.82) is 0 Å². The minimum Gasteiger partial charge on any atom is -0.394 e. The molecule has 9 nitrogen and oxygen atoms in total. The van der Waals surface area contributed by atoms with Crippen LogP contribution in [0.1, 0.15) is 11.8 Å². The largest absolute Gasteiger partial charge is 0.394 e. The Labute approximate surface area is 112 Å². The molecule has 3 rings (SSSR count). The van der Waals surface area contributed by atoms with Crippen LogP contribution in [-0.2, 0) is 4.74 Å². The first-order valence-corrected chi connectivity index (χ1v) is 6.02. The van der Waals surface area contributed by atoms with Crippen LogP contribution in [0.2, 0.25) is 0 Å². The van der Waals surface area contributed by atoms with Crippen LogP contribution in [0.15, 0.2) is 10.9 Å². The lowest BCUT2D eigenvalue weighted by Gasteiger charge is -2.13. The van der Waals surface area contributed by atoms with E-state index in [4.69, 9.17) is 15.6 Å². The number of hydrogen-bond donors (Lipinski definition) is 6. The molecule has 1 aliphatic rings. The van der Waals surface area contributed by atoms with Crippen molar-refractivity contribution in [2.24, 2.45) is 0 Å². The number of H-pyrrole nitrogens is 2. The van der Waals surface area contributed by atoms with E-state index in [-0.39, 0.29) is 11.3 Å². The molecule has 1 fully saturated rings. The molecule has 2 aromatic heterocycles. The number of aromatic amines is 2. The Balaban J connectivity index is 2.09. The highest BCUT2D eigenvalue weighted by Crippen LogP contribution is 2.35. The van der Waals surface area contributed by atoms with E-state index in [1.807, 2.05) is 0 Å². The molecule has 4 atom stereocenters. The first-order chi connectivity index (χ1) is 9.52. The van der Waals surface area contributed by atoms with Crippen LogP contribution in [0.4, 0.5) is 5.82 Å². The quantitative estimate of drug-likeness (QED) is 0.371. The monoisotopic (exact) mass is 282 g/mol. The molecule has 20 heavy (non-hydrogen) atoms. The SMILES string of the molecule is Nc1cc2c([C@@H]3O[C@H](CO)C(O)C3O)[nH]nc2c(=O)[nH]1. The maximum Gasteiger partial charge on any atom is 0.277 e. The Morgan fingerprint density at radius 2 is 2.15 bits per heavy atom. The van der Waals surface area contributed by atoms with E-state index < -0.39 is 36.6 Å². The minimum atomic E-state index is -1.24. The summed E-state index contributed by atoms with van der Waals surface area (Å²) in [7, 11) is 0. The first-order valence-electron chi connectivity index (χ1n) is 6.02. The van der Waals surface area contributed by atoms with E-state index in [1.54, 1.807) is 0 Å². The first kappa shape index (κ1) is 13.1. The highest BCUT2D eigenvalue weighted by molar-refractivity contribution is 5.83. The number of nitrogens with one attached hydrogen (secondary N) is 2. The number of aliphatic hydroxyl groups is 3. The number of ether oxygens (including phenoxy) is 1. The van der Waals surface area contributed by atoms with Gasteiger partial charge in [0.1, 0.15) is 30.2 Å². The van der Waals surface area contributed by atoms with Gasteiger partial charge in [0.25, 0.3) is 5.56 Å². The molecule has 2 aromatic rings. The smallest absolute Gasteiger partial charge is 0.277 e. The molecule has 0 spiro atoms. The number of anilines is 1. The molecule has 1 aliphatic heterocycles. The van der Waals surface area contributed by atoms with Crippen molar-refractivity contribution >= 4 is 16.7 Å². The van der Waals surface area contributed by atoms with Gasteiger partial charge in [0.15, 0.2) is 5.52 Å². The number of nitrogen functional groups attached to an aromatic ring is 1. The molecule has 2 unspecified atom stereocenters. The van der Waals surface area contributed by atoms with Gasteiger partial charge >= 0.3 is 0 Å². The van der Waals surface area contributed by atoms with Gasteiger partial charge < -0.3 is 30.8 Å².